The SMILES string of the molecule is CCc1cccc2c(CCN=C(N)N3CCN(c4nccs4)CC3)c[nH]c12.I. The molecule has 1 aromatic carbocycles. The predicted molar refractivity (Wildman–Crippen MR) is 129 cm³/mol. The predicted octanol–water partition coefficient (Wildman–Crippen LogP) is 3.48. The first kappa shape index (κ1) is 20.9. The Labute approximate surface area is 186 Å². The van der Waals surface area contributed by atoms with E-state index >= 15 is 0 Å². The van der Waals surface area contributed by atoms with Crippen molar-refractivity contribution >= 4 is 57.3 Å². The molecule has 8 heteroatoms. The summed E-state index contributed by atoms with van der Waals surface area (Å²) in [4.78, 5) is 16.9. The second-order valence-corrected chi connectivity index (χ2v) is 7.66. The zero-order valence-corrected chi connectivity index (χ0v) is 19.2. The molecule has 2 aromatic heterocycles. The molecule has 0 saturated carbocycles. The Bertz CT molecular complexity index is 912. The van der Waals surface area contributed by atoms with Gasteiger partial charge in [0.2, 0.25) is 0 Å². The van der Waals surface area contributed by atoms with E-state index in [2.05, 4.69) is 56.1 Å². The molecule has 0 spiro atoms. The highest BCUT2D eigenvalue weighted by atomic mass is 127. The number of aliphatic imine (C=N–C) groups is 1. The fraction of sp³-hybridized carbons (Fsp3) is 0.400. The first-order valence-corrected chi connectivity index (χ1v) is 10.4. The number of halogens is 1. The Morgan fingerprint density at radius 3 is 2.79 bits per heavy atom. The van der Waals surface area contributed by atoms with E-state index in [-0.39, 0.29) is 24.0 Å². The minimum absolute atomic E-state index is 0. The number of benzene rings is 1. The number of rotatable bonds is 5. The van der Waals surface area contributed by atoms with Gasteiger partial charge in [0.05, 0.1) is 0 Å². The van der Waals surface area contributed by atoms with Crippen molar-refractivity contribution in [1.29, 1.82) is 0 Å². The van der Waals surface area contributed by atoms with Crippen LogP contribution in [0.25, 0.3) is 10.9 Å². The molecule has 0 radical (unpaired) electrons. The summed E-state index contributed by atoms with van der Waals surface area (Å²) in [6.07, 6.45) is 5.90. The Morgan fingerprint density at radius 2 is 2.07 bits per heavy atom. The molecule has 3 heterocycles. The molecule has 0 unspecified atom stereocenters. The number of nitrogens with zero attached hydrogens (tertiary/aromatic N) is 4. The summed E-state index contributed by atoms with van der Waals surface area (Å²) in [5, 5.41) is 4.42. The van der Waals surface area contributed by atoms with E-state index in [4.69, 9.17) is 5.73 Å². The molecule has 28 heavy (non-hydrogen) atoms. The fourth-order valence-electron chi connectivity index (χ4n) is 3.67. The normalized spacial score (nSPS) is 15.1. The number of nitrogens with two attached hydrogens (primary N) is 1. The average Bonchev–Trinajstić information content (AvgIpc) is 3.38. The van der Waals surface area contributed by atoms with Gasteiger partial charge in [0.25, 0.3) is 0 Å². The quantitative estimate of drug-likeness (QED) is 0.313. The second-order valence-electron chi connectivity index (χ2n) is 6.79. The van der Waals surface area contributed by atoms with E-state index in [1.165, 1.54) is 22.0 Å². The summed E-state index contributed by atoms with van der Waals surface area (Å²) in [6.45, 7) is 6.55. The van der Waals surface area contributed by atoms with Crippen LogP contribution in [0.5, 0.6) is 0 Å². The van der Waals surface area contributed by atoms with Gasteiger partial charge in [-0.05, 0) is 24.0 Å². The van der Waals surface area contributed by atoms with Gasteiger partial charge in [0.1, 0.15) is 0 Å². The molecule has 1 saturated heterocycles. The number of thiazole rings is 1. The topological polar surface area (TPSA) is 73.5 Å². The molecule has 150 valence electrons. The number of piperazine rings is 1. The number of aryl methyl sites for hydroxylation is 1. The fourth-order valence-corrected chi connectivity index (χ4v) is 4.36. The van der Waals surface area contributed by atoms with E-state index in [0.717, 1.165) is 44.2 Å². The maximum atomic E-state index is 6.25. The van der Waals surface area contributed by atoms with Crippen LogP contribution < -0.4 is 10.6 Å². The van der Waals surface area contributed by atoms with Crippen LogP contribution in [-0.2, 0) is 12.8 Å². The summed E-state index contributed by atoms with van der Waals surface area (Å²) < 4.78 is 0. The van der Waals surface area contributed by atoms with Crippen LogP contribution in [0.1, 0.15) is 18.1 Å². The Kier molecular flexibility index (Phi) is 7.17. The lowest BCUT2D eigenvalue weighted by atomic mass is 10.1. The molecule has 4 rings (SSSR count). The molecule has 6 nitrogen and oxygen atoms in total. The minimum atomic E-state index is 0. The number of H-pyrrole nitrogens is 1. The highest BCUT2D eigenvalue weighted by Crippen LogP contribution is 2.23. The van der Waals surface area contributed by atoms with Gasteiger partial charge >= 0.3 is 0 Å². The number of fused-ring (bicyclic) bond motifs is 1. The lowest BCUT2D eigenvalue weighted by Crippen LogP contribution is -2.51. The van der Waals surface area contributed by atoms with E-state index in [1.54, 1.807) is 11.3 Å². The monoisotopic (exact) mass is 510 g/mol. The average molecular weight is 510 g/mol. The lowest BCUT2D eigenvalue weighted by Gasteiger charge is -2.35. The highest BCUT2D eigenvalue weighted by Gasteiger charge is 2.19. The van der Waals surface area contributed by atoms with Gasteiger partial charge in [-0.3, -0.25) is 4.99 Å². The first-order valence-electron chi connectivity index (χ1n) is 9.53. The Morgan fingerprint density at radius 1 is 1.25 bits per heavy atom. The van der Waals surface area contributed by atoms with Crippen LogP contribution in [0, 0.1) is 0 Å². The van der Waals surface area contributed by atoms with Crippen LogP contribution in [-0.4, -0.2) is 53.6 Å². The third-order valence-corrected chi connectivity index (χ3v) is 6.05. The Hall–Kier alpha value is -1.81. The van der Waals surface area contributed by atoms with E-state index in [9.17, 15) is 0 Å². The maximum absolute atomic E-state index is 6.25. The molecule has 1 fully saturated rings. The number of aromatic amines is 1. The molecule has 0 aliphatic carbocycles. The number of hydrogen-bond donors (Lipinski definition) is 2. The van der Waals surface area contributed by atoms with Crippen LogP contribution in [0.2, 0.25) is 0 Å². The molecule has 0 amide bonds. The van der Waals surface area contributed by atoms with Gasteiger partial charge in [0.15, 0.2) is 11.1 Å². The van der Waals surface area contributed by atoms with Gasteiger partial charge in [-0.1, -0.05) is 25.1 Å². The smallest absolute Gasteiger partial charge is 0.191 e. The third kappa shape index (κ3) is 4.43. The second kappa shape index (κ2) is 9.60. The van der Waals surface area contributed by atoms with Crippen molar-refractivity contribution in [3.63, 3.8) is 0 Å². The van der Waals surface area contributed by atoms with Crippen molar-refractivity contribution in [3.8, 4) is 0 Å². The number of hydrogen-bond acceptors (Lipinski definition) is 4. The van der Waals surface area contributed by atoms with E-state index in [1.807, 2.05) is 11.6 Å². The highest BCUT2D eigenvalue weighted by molar-refractivity contribution is 14.0. The van der Waals surface area contributed by atoms with Crippen LogP contribution in [0.15, 0.2) is 41.0 Å². The van der Waals surface area contributed by atoms with Crippen LogP contribution >= 0.6 is 35.3 Å². The van der Waals surface area contributed by atoms with Crippen LogP contribution in [0.3, 0.4) is 0 Å². The zero-order valence-electron chi connectivity index (χ0n) is 16.1. The van der Waals surface area contributed by atoms with Crippen molar-refractivity contribution in [2.45, 2.75) is 19.8 Å². The summed E-state index contributed by atoms with van der Waals surface area (Å²) in [7, 11) is 0. The number of aromatic nitrogens is 2. The van der Waals surface area contributed by atoms with E-state index in [0.29, 0.717) is 12.5 Å². The molecule has 0 atom stereocenters. The van der Waals surface area contributed by atoms with Gasteiger partial charge in [0, 0.05) is 61.4 Å². The summed E-state index contributed by atoms with van der Waals surface area (Å²) in [5.74, 6) is 0.655. The molecular weight excluding hydrogens is 483 g/mol. The molecule has 1 aliphatic heterocycles. The Balaban J connectivity index is 0.00000225. The minimum Gasteiger partial charge on any atom is -0.370 e. The molecule has 1 aliphatic rings. The van der Waals surface area contributed by atoms with Gasteiger partial charge in [-0.25, -0.2) is 4.98 Å². The molecular formula is C20H27IN6S. The molecule has 0 bridgehead atoms. The molecule has 3 N–H and O–H groups in total. The van der Waals surface area contributed by atoms with Crippen molar-refractivity contribution < 1.29 is 0 Å². The summed E-state index contributed by atoms with van der Waals surface area (Å²) in [5.41, 5.74) is 10.2. The number of para-hydroxylation sites is 1. The standard InChI is InChI=1S/C20H26N6S.HI/c1-2-15-4-3-5-17-16(14-24-18(15)17)6-7-22-19(21)25-9-11-26(12-10-25)20-23-8-13-27-20;/h3-5,8,13-14,24H,2,6-7,9-12H2,1H3,(H2,21,22);1H. The van der Waals surface area contributed by atoms with E-state index < -0.39 is 0 Å². The van der Waals surface area contributed by atoms with Crippen molar-refractivity contribution in [1.82, 2.24) is 14.9 Å². The van der Waals surface area contributed by atoms with Crippen molar-refractivity contribution in [2.75, 3.05) is 37.6 Å². The van der Waals surface area contributed by atoms with Crippen LogP contribution in [0.4, 0.5) is 5.13 Å². The summed E-state index contributed by atoms with van der Waals surface area (Å²) >= 11 is 1.69. The van der Waals surface area contributed by atoms with Gasteiger partial charge in [-0.2, -0.15) is 0 Å². The molecule has 3 aromatic rings. The summed E-state index contributed by atoms with van der Waals surface area (Å²) in [6, 6.07) is 6.51. The number of anilines is 1. The van der Waals surface area contributed by atoms with Crippen molar-refractivity contribution in [3.05, 3.63) is 47.1 Å². The maximum Gasteiger partial charge on any atom is 0.191 e. The first-order chi connectivity index (χ1) is 13.3. The van der Waals surface area contributed by atoms with Crippen molar-refractivity contribution in [2.24, 2.45) is 10.7 Å². The number of guanidine groups is 1. The van der Waals surface area contributed by atoms with Gasteiger partial charge < -0.3 is 20.5 Å². The zero-order chi connectivity index (χ0) is 18.6. The number of nitrogens with one attached hydrogen (secondary N) is 1. The third-order valence-electron chi connectivity index (χ3n) is 5.22. The van der Waals surface area contributed by atoms with Gasteiger partial charge in [-0.15, -0.1) is 35.3 Å². The largest absolute Gasteiger partial charge is 0.370 e. The lowest BCUT2D eigenvalue weighted by molar-refractivity contribution is 0.380.